The molecule has 1 aliphatic rings. The fraction of sp³-hybridized carbons (Fsp3) is 0.278. The highest BCUT2D eigenvalue weighted by atomic mass is 32.2. The van der Waals surface area contributed by atoms with E-state index in [2.05, 4.69) is 5.32 Å². The van der Waals surface area contributed by atoms with Crippen LogP contribution in [0.4, 0.5) is 18.9 Å². The third-order valence-corrected chi connectivity index (χ3v) is 6.02. The zero-order chi connectivity index (χ0) is 21.0. The fourth-order valence-corrected chi connectivity index (χ4v) is 4.01. The van der Waals surface area contributed by atoms with Gasteiger partial charge in [-0.1, -0.05) is 0 Å². The van der Waals surface area contributed by atoms with E-state index in [1.165, 1.54) is 28.6 Å². The van der Waals surface area contributed by atoms with E-state index in [1.807, 2.05) is 0 Å². The lowest BCUT2D eigenvalue weighted by atomic mass is 10.3. The van der Waals surface area contributed by atoms with Crippen LogP contribution in [-0.2, 0) is 19.6 Å². The van der Waals surface area contributed by atoms with Crippen molar-refractivity contribution < 1.29 is 35.9 Å². The smallest absolute Gasteiger partial charge is 0.262 e. The molecular weight excluding hydrogens is 413 g/mol. The summed E-state index contributed by atoms with van der Waals surface area (Å²) in [5, 5.41) is 2.07. The Morgan fingerprint density at radius 2 is 1.69 bits per heavy atom. The van der Waals surface area contributed by atoms with Crippen molar-refractivity contribution in [2.75, 3.05) is 38.2 Å². The Hall–Kier alpha value is -2.63. The van der Waals surface area contributed by atoms with Gasteiger partial charge >= 0.3 is 0 Å². The molecular formula is C18H17F3N2O5S. The molecule has 0 aromatic heterocycles. The lowest BCUT2D eigenvalue weighted by molar-refractivity contribution is -0.118. The number of carbonyl (C=O) groups excluding carboxylic acids is 1. The van der Waals surface area contributed by atoms with Gasteiger partial charge < -0.3 is 14.8 Å². The molecule has 0 radical (unpaired) electrons. The largest absolute Gasteiger partial charge is 0.484 e. The van der Waals surface area contributed by atoms with Gasteiger partial charge in [0.25, 0.3) is 5.91 Å². The average molecular weight is 430 g/mol. The van der Waals surface area contributed by atoms with Crippen molar-refractivity contribution in [3.8, 4) is 5.75 Å². The van der Waals surface area contributed by atoms with Crippen LogP contribution in [0.5, 0.6) is 5.75 Å². The molecule has 1 saturated heterocycles. The van der Waals surface area contributed by atoms with Crippen LogP contribution >= 0.6 is 0 Å². The van der Waals surface area contributed by atoms with Crippen molar-refractivity contribution in [1.29, 1.82) is 0 Å². The van der Waals surface area contributed by atoms with Gasteiger partial charge in [-0.15, -0.1) is 0 Å². The van der Waals surface area contributed by atoms with Crippen LogP contribution in [0, 0.1) is 17.5 Å². The van der Waals surface area contributed by atoms with Crippen molar-refractivity contribution in [2.45, 2.75) is 4.90 Å². The van der Waals surface area contributed by atoms with Gasteiger partial charge in [0, 0.05) is 13.1 Å². The molecule has 0 spiro atoms. The van der Waals surface area contributed by atoms with Crippen LogP contribution in [0.15, 0.2) is 41.3 Å². The second kappa shape index (κ2) is 8.80. The first kappa shape index (κ1) is 21.1. The zero-order valence-electron chi connectivity index (χ0n) is 15.0. The van der Waals surface area contributed by atoms with Gasteiger partial charge in [-0.3, -0.25) is 4.79 Å². The molecule has 1 N–H and O–H groups in total. The summed E-state index contributed by atoms with van der Waals surface area (Å²) in [4.78, 5) is 11.9. The highest BCUT2D eigenvalue weighted by molar-refractivity contribution is 7.89. The molecule has 2 aromatic rings. The van der Waals surface area contributed by atoms with E-state index in [0.29, 0.717) is 19.3 Å². The molecule has 0 saturated carbocycles. The Morgan fingerprint density at radius 3 is 2.34 bits per heavy atom. The Bertz CT molecular complexity index is 993. The molecule has 3 rings (SSSR count). The molecule has 0 unspecified atom stereocenters. The molecule has 2 aromatic carbocycles. The Balaban J connectivity index is 1.59. The maximum Gasteiger partial charge on any atom is 0.262 e. The van der Waals surface area contributed by atoms with Crippen molar-refractivity contribution in [1.82, 2.24) is 4.31 Å². The second-order valence-electron chi connectivity index (χ2n) is 6.05. The molecule has 0 aliphatic carbocycles. The summed E-state index contributed by atoms with van der Waals surface area (Å²) in [6, 6.07) is 7.00. The number of hydrogen-bond donors (Lipinski definition) is 1. The van der Waals surface area contributed by atoms with Crippen LogP contribution < -0.4 is 10.1 Å². The van der Waals surface area contributed by atoms with Crippen molar-refractivity contribution >= 4 is 21.6 Å². The lowest BCUT2D eigenvalue weighted by Crippen LogP contribution is -2.40. The van der Waals surface area contributed by atoms with E-state index < -0.39 is 45.7 Å². The molecule has 7 nitrogen and oxygen atoms in total. The first-order valence-electron chi connectivity index (χ1n) is 8.53. The normalized spacial score (nSPS) is 15.1. The van der Waals surface area contributed by atoms with E-state index in [0.717, 1.165) is 6.07 Å². The minimum absolute atomic E-state index is 0.0695. The number of nitrogens with zero attached hydrogens (tertiary/aromatic N) is 1. The van der Waals surface area contributed by atoms with Crippen LogP contribution in [0.3, 0.4) is 0 Å². The molecule has 1 amide bonds. The van der Waals surface area contributed by atoms with E-state index in [1.54, 1.807) is 0 Å². The van der Waals surface area contributed by atoms with Crippen LogP contribution in [-0.4, -0.2) is 51.5 Å². The van der Waals surface area contributed by atoms with Gasteiger partial charge in [0.2, 0.25) is 10.0 Å². The third-order valence-electron chi connectivity index (χ3n) is 4.11. The van der Waals surface area contributed by atoms with Crippen LogP contribution in [0.25, 0.3) is 0 Å². The predicted molar refractivity (Wildman–Crippen MR) is 96.5 cm³/mol. The molecule has 1 aliphatic heterocycles. The minimum Gasteiger partial charge on any atom is -0.484 e. The molecule has 0 atom stereocenters. The number of carbonyl (C=O) groups is 1. The van der Waals surface area contributed by atoms with E-state index in [-0.39, 0.29) is 23.7 Å². The SMILES string of the molecule is O=C(COc1ccc(S(=O)(=O)N2CCOCC2)cc1)Nc1ccc(F)c(F)c1F. The first-order valence-corrected chi connectivity index (χ1v) is 9.97. The highest BCUT2D eigenvalue weighted by Crippen LogP contribution is 2.21. The van der Waals surface area contributed by atoms with Gasteiger partial charge in [-0.05, 0) is 36.4 Å². The number of benzene rings is 2. The van der Waals surface area contributed by atoms with Crippen LogP contribution in [0.1, 0.15) is 0 Å². The van der Waals surface area contributed by atoms with Gasteiger partial charge in [-0.2, -0.15) is 4.31 Å². The first-order chi connectivity index (χ1) is 13.8. The van der Waals surface area contributed by atoms with Crippen LogP contribution in [0.2, 0.25) is 0 Å². The number of ether oxygens (including phenoxy) is 2. The van der Waals surface area contributed by atoms with E-state index in [9.17, 15) is 26.4 Å². The number of rotatable bonds is 6. The van der Waals surface area contributed by atoms with E-state index >= 15 is 0 Å². The minimum atomic E-state index is -3.65. The summed E-state index contributed by atoms with van der Waals surface area (Å²) in [6.07, 6.45) is 0. The summed E-state index contributed by atoms with van der Waals surface area (Å²) < 4.78 is 76.3. The third kappa shape index (κ3) is 4.86. The summed E-state index contributed by atoms with van der Waals surface area (Å²) in [5.41, 5.74) is -0.524. The molecule has 0 bridgehead atoms. The van der Waals surface area contributed by atoms with E-state index in [4.69, 9.17) is 9.47 Å². The number of halogens is 3. The lowest BCUT2D eigenvalue weighted by Gasteiger charge is -2.26. The molecule has 1 fully saturated rings. The molecule has 29 heavy (non-hydrogen) atoms. The topological polar surface area (TPSA) is 84.9 Å². The Morgan fingerprint density at radius 1 is 1.03 bits per heavy atom. The van der Waals surface area contributed by atoms with Gasteiger partial charge in [-0.25, -0.2) is 21.6 Å². The number of morpholine rings is 1. The number of anilines is 1. The number of amides is 1. The summed E-state index contributed by atoms with van der Waals surface area (Å²) in [5.74, 6) is -5.19. The van der Waals surface area contributed by atoms with Crippen molar-refractivity contribution in [3.63, 3.8) is 0 Å². The number of nitrogens with one attached hydrogen (secondary N) is 1. The fourth-order valence-electron chi connectivity index (χ4n) is 2.60. The quantitative estimate of drug-likeness (QED) is 0.710. The maximum absolute atomic E-state index is 13.6. The maximum atomic E-state index is 13.6. The summed E-state index contributed by atoms with van der Waals surface area (Å²) >= 11 is 0. The van der Waals surface area contributed by atoms with Crippen molar-refractivity contribution in [3.05, 3.63) is 53.8 Å². The Kier molecular flexibility index (Phi) is 6.40. The Labute approximate surface area is 165 Å². The average Bonchev–Trinajstić information content (AvgIpc) is 2.73. The van der Waals surface area contributed by atoms with Gasteiger partial charge in [0.05, 0.1) is 23.8 Å². The molecule has 156 valence electrons. The monoisotopic (exact) mass is 430 g/mol. The number of hydrogen-bond acceptors (Lipinski definition) is 5. The second-order valence-corrected chi connectivity index (χ2v) is 7.99. The number of sulfonamides is 1. The summed E-state index contributed by atoms with van der Waals surface area (Å²) in [7, 11) is -3.65. The zero-order valence-corrected chi connectivity index (χ0v) is 15.8. The summed E-state index contributed by atoms with van der Waals surface area (Å²) in [6.45, 7) is 0.638. The van der Waals surface area contributed by atoms with Gasteiger partial charge in [0.15, 0.2) is 24.1 Å². The van der Waals surface area contributed by atoms with Crippen molar-refractivity contribution in [2.24, 2.45) is 0 Å². The highest BCUT2D eigenvalue weighted by Gasteiger charge is 2.26. The predicted octanol–water partition coefficient (Wildman–Crippen LogP) is 2.14. The standard InChI is InChI=1S/C18H17F3N2O5S/c19-14-5-6-15(18(21)17(14)20)22-16(24)11-28-12-1-3-13(4-2-12)29(25,26)23-7-9-27-10-8-23/h1-6H,7-11H2,(H,22,24). The molecule has 11 heteroatoms. The molecule has 1 heterocycles. The van der Waals surface area contributed by atoms with Gasteiger partial charge in [0.1, 0.15) is 5.75 Å².